The van der Waals surface area contributed by atoms with E-state index in [2.05, 4.69) is 16.9 Å². The Morgan fingerprint density at radius 1 is 1.14 bits per heavy atom. The van der Waals surface area contributed by atoms with Crippen molar-refractivity contribution in [3.63, 3.8) is 0 Å². The Labute approximate surface area is 136 Å². The van der Waals surface area contributed by atoms with E-state index in [9.17, 15) is 8.42 Å². The van der Waals surface area contributed by atoms with Crippen LogP contribution in [0.5, 0.6) is 0 Å². The molecule has 0 spiro atoms. The summed E-state index contributed by atoms with van der Waals surface area (Å²) in [4.78, 5) is 0. The molecule has 0 aliphatic rings. The van der Waals surface area contributed by atoms with Gasteiger partial charge in [-0.1, -0.05) is 36.4 Å². The van der Waals surface area contributed by atoms with Crippen LogP contribution in [0.15, 0.2) is 52.1 Å². The zero-order valence-corrected chi connectivity index (χ0v) is 14.3. The second kappa shape index (κ2) is 7.37. The molecule has 120 valence electrons. The van der Waals surface area contributed by atoms with Gasteiger partial charge in [-0.25, -0.2) is 13.1 Å². The van der Waals surface area contributed by atoms with E-state index in [0.717, 1.165) is 12.8 Å². The van der Waals surface area contributed by atoms with Crippen molar-refractivity contribution in [3.8, 4) is 0 Å². The van der Waals surface area contributed by atoms with E-state index < -0.39 is 15.6 Å². The number of nitrogens with one attached hydrogen (secondary N) is 1. The lowest BCUT2D eigenvalue weighted by Crippen LogP contribution is -2.40. The summed E-state index contributed by atoms with van der Waals surface area (Å²) in [5.74, 6) is 0. The Morgan fingerprint density at radius 3 is 2.50 bits per heavy atom. The molecular formula is C16H22N2O2S2. The molecule has 0 amide bonds. The van der Waals surface area contributed by atoms with Crippen LogP contribution in [-0.4, -0.2) is 20.5 Å². The summed E-state index contributed by atoms with van der Waals surface area (Å²) in [6, 6.07) is 13.5. The zero-order chi connectivity index (χ0) is 16.1. The van der Waals surface area contributed by atoms with Crippen LogP contribution in [0, 0.1) is 0 Å². The molecule has 0 saturated heterocycles. The van der Waals surface area contributed by atoms with E-state index >= 15 is 0 Å². The van der Waals surface area contributed by atoms with Gasteiger partial charge in [0.05, 0.1) is 0 Å². The standard InChI is InChI=1S/C16H22N2O2S2/c1-16(17,10-9-14-6-3-2-4-7-14)11-12-18-22(19,20)15-8-5-13-21-15/h2-8,13,18H,9-12,17H2,1H3. The van der Waals surface area contributed by atoms with Crippen molar-refractivity contribution in [2.45, 2.75) is 35.9 Å². The Bertz CT molecular complexity index is 665. The van der Waals surface area contributed by atoms with Gasteiger partial charge >= 0.3 is 0 Å². The van der Waals surface area contributed by atoms with Crippen LogP contribution in [0.2, 0.25) is 0 Å². The minimum atomic E-state index is -3.39. The molecule has 0 aliphatic carbocycles. The average Bonchev–Trinajstić information content (AvgIpc) is 3.01. The highest BCUT2D eigenvalue weighted by Crippen LogP contribution is 2.17. The quantitative estimate of drug-likeness (QED) is 0.777. The van der Waals surface area contributed by atoms with Gasteiger partial charge < -0.3 is 5.73 Å². The first kappa shape index (κ1) is 17.1. The van der Waals surface area contributed by atoms with Crippen LogP contribution < -0.4 is 10.5 Å². The van der Waals surface area contributed by atoms with Gasteiger partial charge in [-0.3, -0.25) is 0 Å². The highest BCUT2D eigenvalue weighted by Gasteiger charge is 2.20. The van der Waals surface area contributed by atoms with Crippen molar-refractivity contribution >= 4 is 21.4 Å². The summed E-state index contributed by atoms with van der Waals surface area (Å²) in [7, 11) is -3.39. The topological polar surface area (TPSA) is 72.2 Å². The van der Waals surface area contributed by atoms with E-state index in [4.69, 9.17) is 5.73 Å². The van der Waals surface area contributed by atoms with E-state index in [1.807, 2.05) is 25.1 Å². The van der Waals surface area contributed by atoms with E-state index in [-0.39, 0.29) is 0 Å². The van der Waals surface area contributed by atoms with Crippen LogP contribution >= 0.6 is 11.3 Å². The van der Waals surface area contributed by atoms with Crippen molar-refractivity contribution in [2.75, 3.05) is 6.54 Å². The van der Waals surface area contributed by atoms with Crippen molar-refractivity contribution in [2.24, 2.45) is 5.73 Å². The molecule has 22 heavy (non-hydrogen) atoms. The number of aryl methyl sites for hydroxylation is 1. The SMILES string of the molecule is CC(N)(CCNS(=O)(=O)c1cccs1)CCc1ccccc1. The molecule has 0 radical (unpaired) electrons. The lowest BCUT2D eigenvalue weighted by atomic mass is 9.91. The monoisotopic (exact) mass is 338 g/mol. The van der Waals surface area contributed by atoms with E-state index in [0.29, 0.717) is 17.2 Å². The molecule has 2 aromatic rings. The van der Waals surface area contributed by atoms with E-state index in [1.165, 1.54) is 16.9 Å². The Balaban J connectivity index is 1.80. The lowest BCUT2D eigenvalue weighted by molar-refractivity contribution is 0.401. The van der Waals surface area contributed by atoms with Gasteiger partial charge in [0, 0.05) is 12.1 Å². The summed E-state index contributed by atoms with van der Waals surface area (Å²) in [5.41, 5.74) is 7.13. The third-order valence-corrected chi connectivity index (χ3v) is 6.43. The lowest BCUT2D eigenvalue weighted by Gasteiger charge is -2.24. The van der Waals surface area contributed by atoms with E-state index in [1.54, 1.807) is 17.5 Å². The van der Waals surface area contributed by atoms with Gasteiger partial charge in [0.2, 0.25) is 10.0 Å². The maximum Gasteiger partial charge on any atom is 0.250 e. The summed E-state index contributed by atoms with van der Waals surface area (Å²) in [6.07, 6.45) is 2.31. The molecule has 1 atom stereocenters. The summed E-state index contributed by atoms with van der Waals surface area (Å²) < 4.78 is 27.0. The number of sulfonamides is 1. The maximum atomic E-state index is 12.0. The van der Waals surface area contributed by atoms with Crippen molar-refractivity contribution < 1.29 is 8.42 Å². The van der Waals surface area contributed by atoms with Gasteiger partial charge in [0.1, 0.15) is 4.21 Å². The minimum Gasteiger partial charge on any atom is -0.325 e. The minimum absolute atomic E-state index is 0.343. The molecule has 3 N–H and O–H groups in total. The van der Waals surface area contributed by atoms with Gasteiger partial charge in [0.15, 0.2) is 0 Å². The highest BCUT2D eigenvalue weighted by atomic mass is 32.2. The molecule has 0 fully saturated rings. The number of nitrogens with two attached hydrogens (primary N) is 1. The van der Waals surface area contributed by atoms with Crippen LogP contribution in [0.1, 0.15) is 25.3 Å². The molecule has 0 aliphatic heterocycles. The molecular weight excluding hydrogens is 316 g/mol. The summed E-state index contributed by atoms with van der Waals surface area (Å²) >= 11 is 1.21. The molecule has 1 heterocycles. The Kier molecular flexibility index (Phi) is 5.74. The smallest absolute Gasteiger partial charge is 0.250 e. The van der Waals surface area contributed by atoms with Gasteiger partial charge in [-0.2, -0.15) is 0 Å². The van der Waals surface area contributed by atoms with Crippen LogP contribution in [0.4, 0.5) is 0 Å². The normalized spacial score (nSPS) is 14.6. The first-order chi connectivity index (χ1) is 10.4. The number of thiophene rings is 1. The number of hydrogen-bond acceptors (Lipinski definition) is 4. The molecule has 1 aromatic heterocycles. The summed E-state index contributed by atoms with van der Waals surface area (Å²) in [6.45, 7) is 2.32. The molecule has 1 unspecified atom stereocenters. The third kappa shape index (κ3) is 5.21. The largest absolute Gasteiger partial charge is 0.325 e. The number of benzene rings is 1. The first-order valence-corrected chi connectivity index (χ1v) is 9.61. The number of rotatable bonds is 8. The molecule has 4 nitrogen and oxygen atoms in total. The van der Waals surface area contributed by atoms with Gasteiger partial charge in [-0.05, 0) is 43.2 Å². The Hall–Kier alpha value is -1.21. The molecule has 2 rings (SSSR count). The fourth-order valence-corrected chi connectivity index (χ4v) is 4.23. The van der Waals surface area contributed by atoms with Crippen molar-refractivity contribution in [1.29, 1.82) is 0 Å². The highest BCUT2D eigenvalue weighted by molar-refractivity contribution is 7.91. The van der Waals surface area contributed by atoms with Crippen molar-refractivity contribution in [1.82, 2.24) is 4.72 Å². The van der Waals surface area contributed by atoms with Gasteiger partial charge in [-0.15, -0.1) is 11.3 Å². The van der Waals surface area contributed by atoms with Crippen molar-refractivity contribution in [3.05, 3.63) is 53.4 Å². The molecule has 0 saturated carbocycles. The predicted octanol–water partition coefficient (Wildman–Crippen LogP) is 2.77. The number of hydrogen-bond donors (Lipinski definition) is 2. The predicted molar refractivity (Wildman–Crippen MR) is 91.5 cm³/mol. The first-order valence-electron chi connectivity index (χ1n) is 7.25. The fraction of sp³-hybridized carbons (Fsp3) is 0.375. The molecule has 1 aromatic carbocycles. The van der Waals surface area contributed by atoms with Crippen LogP contribution in [0.3, 0.4) is 0 Å². The fourth-order valence-electron chi connectivity index (χ4n) is 2.16. The van der Waals surface area contributed by atoms with Gasteiger partial charge in [0.25, 0.3) is 0 Å². The average molecular weight is 338 g/mol. The Morgan fingerprint density at radius 2 is 1.86 bits per heavy atom. The second-order valence-corrected chi connectivity index (χ2v) is 8.66. The maximum absolute atomic E-state index is 12.0. The van der Waals surface area contributed by atoms with Crippen LogP contribution in [0.25, 0.3) is 0 Å². The molecule has 6 heteroatoms. The summed E-state index contributed by atoms with van der Waals surface area (Å²) in [5, 5.41) is 1.75. The zero-order valence-electron chi connectivity index (χ0n) is 12.7. The third-order valence-electron chi connectivity index (χ3n) is 3.58. The second-order valence-electron chi connectivity index (χ2n) is 5.72. The van der Waals surface area contributed by atoms with Crippen LogP contribution in [-0.2, 0) is 16.4 Å². The molecule has 0 bridgehead atoms.